The highest BCUT2D eigenvalue weighted by Crippen LogP contribution is 2.24. The van der Waals surface area contributed by atoms with Crippen molar-refractivity contribution in [3.05, 3.63) is 52.4 Å². The van der Waals surface area contributed by atoms with E-state index in [4.69, 9.17) is 11.6 Å². The standard InChI is InChI=1S/C14H14ClN3/c1-9-16-13(15)8-14(17-9)18-12-6-10-4-2-3-5-11(10)7-12/h2-5,8,12H,6-7H2,1H3,(H,16,17,18). The number of anilines is 1. The molecule has 0 saturated carbocycles. The maximum atomic E-state index is 5.93. The summed E-state index contributed by atoms with van der Waals surface area (Å²) in [5.74, 6) is 1.51. The number of nitrogens with one attached hydrogen (secondary N) is 1. The summed E-state index contributed by atoms with van der Waals surface area (Å²) in [7, 11) is 0. The highest BCUT2D eigenvalue weighted by Gasteiger charge is 2.21. The van der Waals surface area contributed by atoms with Gasteiger partial charge in [0.15, 0.2) is 0 Å². The fourth-order valence-corrected chi connectivity index (χ4v) is 2.70. The van der Waals surface area contributed by atoms with Crippen LogP contribution in [0.3, 0.4) is 0 Å². The summed E-state index contributed by atoms with van der Waals surface area (Å²) in [6.45, 7) is 1.85. The van der Waals surface area contributed by atoms with Gasteiger partial charge in [-0.25, -0.2) is 9.97 Å². The number of aryl methyl sites for hydroxylation is 1. The third-order valence-corrected chi connectivity index (χ3v) is 3.40. The van der Waals surface area contributed by atoms with Crippen LogP contribution in [0, 0.1) is 6.92 Å². The van der Waals surface area contributed by atoms with E-state index in [1.54, 1.807) is 6.07 Å². The summed E-state index contributed by atoms with van der Waals surface area (Å²) in [4.78, 5) is 8.42. The van der Waals surface area contributed by atoms with E-state index in [2.05, 4.69) is 39.6 Å². The van der Waals surface area contributed by atoms with Crippen LogP contribution in [0.4, 0.5) is 5.82 Å². The first-order valence-corrected chi connectivity index (χ1v) is 6.43. The van der Waals surface area contributed by atoms with Crippen molar-refractivity contribution in [3.8, 4) is 0 Å². The Bertz CT molecular complexity index is 538. The van der Waals surface area contributed by atoms with E-state index in [0.29, 0.717) is 17.0 Å². The second-order valence-electron chi connectivity index (χ2n) is 4.64. The molecule has 92 valence electrons. The van der Waals surface area contributed by atoms with Crippen LogP contribution in [0.15, 0.2) is 30.3 Å². The van der Waals surface area contributed by atoms with Gasteiger partial charge in [0.1, 0.15) is 16.8 Å². The summed E-state index contributed by atoms with van der Waals surface area (Å²) in [5, 5.41) is 3.92. The normalized spacial score (nSPS) is 14.6. The molecule has 1 aliphatic carbocycles. The SMILES string of the molecule is Cc1nc(Cl)cc(NC2Cc3ccccc3C2)n1. The Balaban J connectivity index is 1.76. The van der Waals surface area contributed by atoms with Gasteiger partial charge in [0, 0.05) is 12.1 Å². The number of aromatic nitrogens is 2. The molecule has 0 atom stereocenters. The summed E-state index contributed by atoms with van der Waals surface area (Å²) in [6, 6.07) is 10.7. The van der Waals surface area contributed by atoms with E-state index in [0.717, 1.165) is 18.7 Å². The minimum Gasteiger partial charge on any atom is -0.367 e. The van der Waals surface area contributed by atoms with Gasteiger partial charge in [-0.05, 0) is 30.9 Å². The topological polar surface area (TPSA) is 37.8 Å². The number of nitrogens with zero attached hydrogens (tertiary/aromatic N) is 2. The summed E-state index contributed by atoms with van der Waals surface area (Å²) in [5.41, 5.74) is 2.85. The quantitative estimate of drug-likeness (QED) is 0.843. The molecule has 0 radical (unpaired) electrons. The molecule has 0 aliphatic heterocycles. The van der Waals surface area contributed by atoms with Crippen LogP contribution in [0.25, 0.3) is 0 Å². The second-order valence-corrected chi connectivity index (χ2v) is 5.03. The highest BCUT2D eigenvalue weighted by atomic mass is 35.5. The van der Waals surface area contributed by atoms with Gasteiger partial charge < -0.3 is 5.32 Å². The lowest BCUT2D eigenvalue weighted by molar-refractivity contribution is 0.766. The third-order valence-electron chi connectivity index (χ3n) is 3.21. The fraction of sp³-hybridized carbons (Fsp3) is 0.286. The zero-order valence-electron chi connectivity index (χ0n) is 10.2. The molecule has 2 aromatic rings. The Morgan fingerprint density at radius 2 is 1.83 bits per heavy atom. The van der Waals surface area contributed by atoms with Crippen LogP contribution in [0.1, 0.15) is 17.0 Å². The molecule has 0 saturated heterocycles. The van der Waals surface area contributed by atoms with Crippen LogP contribution < -0.4 is 5.32 Å². The molecular formula is C14H14ClN3. The maximum Gasteiger partial charge on any atom is 0.134 e. The van der Waals surface area contributed by atoms with Gasteiger partial charge >= 0.3 is 0 Å². The lowest BCUT2D eigenvalue weighted by Gasteiger charge is -2.13. The van der Waals surface area contributed by atoms with Crippen molar-refractivity contribution >= 4 is 17.4 Å². The molecule has 3 rings (SSSR count). The van der Waals surface area contributed by atoms with E-state index >= 15 is 0 Å². The summed E-state index contributed by atoms with van der Waals surface area (Å²) >= 11 is 5.93. The predicted octanol–water partition coefficient (Wildman–Crippen LogP) is 3.02. The molecule has 18 heavy (non-hydrogen) atoms. The average molecular weight is 260 g/mol. The summed E-state index contributed by atoms with van der Waals surface area (Å²) < 4.78 is 0. The van der Waals surface area contributed by atoms with Crippen molar-refractivity contribution in [3.63, 3.8) is 0 Å². The Labute approximate surface area is 111 Å². The molecule has 4 heteroatoms. The third kappa shape index (κ3) is 2.31. The molecule has 0 unspecified atom stereocenters. The number of rotatable bonds is 2. The van der Waals surface area contributed by atoms with Crippen molar-refractivity contribution in [1.29, 1.82) is 0 Å². The Hall–Kier alpha value is -1.61. The van der Waals surface area contributed by atoms with E-state index in [1.807, 2.05) is 6.92 Å². The number of benzene rings is 1. The van der Waals surface area contributed by atoms with Crippen LogP contribution in [-0.2, 0) is 12.8 Å². The van der Waals surface area contributed by atoms with Crippen molar-refractivity contribution in [2.45, 2.75) is 25.8 Å². The van der Waals surface area contributed by atoms with Crippen LogP contribution >= 0.6 is 11.6 Å². The van der Waals surface area contributed by atoms with Crippen molar-refractivity contribution in [2.75, 3.05) is 5.32 Å². The molecule has 0 amide bonds. The Morgan fingerprint density at radius 3 is 2.44 bits per heavy atom. The minimum atomic E-state index is 0.396. The molecule has 3 nitrogen and oxygen atoms in total. The Kier molecular flexibility index (Phi) is 2.92. The molecule has 0 fully saturated rings. The van der Waals surface area contributed by atoms with E-state index in [1.165, 1.54) is 11.1 Å². The molecule has 1 aliphatic rings. The molecule has 1 N–H and O–H groups in total. The van der Waals surface area contributed by atoms with Gasteiger partial charge in [-0.15, -0.1) is 0 Å². The fourth-order valence-electron chi connectivity index (χ4n) is 2.48. The maximum absolute atomic E-state index is 5.93. The monoisotopic (exact) mass is 259 g/mol. The first-order chi connectivity index (χ1) is 8.70. The summed E-state index contributed by atoms with van der Waals surface area (Å²) in [6.07, 6.45) is 2.08. The van der Waals surface area contributed by atoms with Gasteiger partial charge in [-0.2, -0.15) is 0 Å². The second kappa shape index (κ2) is 4.58. The number of fused-ring (bicyclic) bond motifs is 1. The minimum absolute atomic E-state index is 0.396. The van der Waals surface area contributed by atoms with Gasteiger partial charge in [-0.1, -0.05) is 35.9 Å². The van der Waals surface area contributed by atoms with E-state index in [-0.39, 0.29) is 0 Å². The lowest BCUT2D eigenvalue weighted by Crippen LogP contribution is -2.20. The van der Waals surface area contributed by atoms with Gasteiger partial charge in [0.25, 0.3) is 0 Å². The molecule has 0 bridgehead atoms. The molecule has 0 spiro atoms. The lowest BCUT2D eigenvalue weighted by atomic mass is 10.1. The first kappa shape index (κ1) is 11.5. The van der Waals surface area contributed by atoms with Crippen LogP contribution in [0.2, 0.25) is 5.15 Å². The first-order valence-electron chi connectivity index (χ1n) is 6.05. The van der Waals surface area contributed by atoms with E-state index in [9.17, 15) is 0 Å². The smallest absolute Gasteiger partial charge is 0.134 e. The van der Waals surface area contributed by atoms with Gasteiger partial charge in [-0.3, -0.25) is 0 Å². The molecule has 1 aromatic carbocycles. The van der Waals surface area contributed by atoms with Crippen LogP contribution in [-0.4, -0.2) is 16.0 Å². The zero-order chi connectivity index (χ0) is 12.5. The predicted molar refractivity (Wildman–Crippen MR) is 73.0 cm³/mol. The van der Waals surface area contributed by atoms with Crippen LogP contribution in [0.5, 0.6) is 0 Å². The van der Waals surface area contributed by atoms with E-state index < -0.39 is 0 Å². The largest absolute Gasteiger partial charge is 0.367 e. The van der Waals surface area contributed by atoms with Gasteiger partial charge in [0.2, 0.25) is 0 Å². The number of halogens is 1. The van der Waals surface area contributed by atoms with Gasteiger partial charge in [0.05, 0.1) is 0 Å². The van der Waals surface area contributed by atoms with Crippen molar-refractivity contribution < 1.29 is 0 Å². The molecule has 1 aromatic heterocycles. The van der Waals surface area contributed by atoms with Crippen molar-refractivity contribution in [1.82, 2.24) is 9.97 Å². The average Bonchev–Trinajstić information content (AvgIpc) is 2.69. The van der Waals surface area contributed by atoms with Crippen molar-refractivity contribution in [2.24, 2.45) is 0 Å². The zero-order valence-corrected chi connectivity index (χ0v) is 10.9. The number of hydrogen-bond donors (Lipinski definition) is 1. The molecular weight excluding hydrogens is 246 g/mol. The molecule has 1 heterocycles. The number of hydrogen-bond acceptors (Lipinski definition) is 3. The Morgan fingerprint density at radius 1 is 1.17 bits per heavy atom. The highest BCUT2D eigenvalue weighted by molar-refractivity contribution is 6.29.